The molecule has 6 heteroatoms. The van der Waals surface area contributed by atoms with Gasteiger partial charge in [0, 0.05) is 17.5 Å². The number of halogens is 2. The molecule has 0 bridgehead atoms. The number of alkyl halides is 1. The SMILES string of the molecule is C=C(Cl)CNS(=O)(=O)CCCl. The standard InChI is InChI=1S/C5H9Cl2NO2S/c1-5(7)4-8-11(9,10)3-2-6/h8H,1-4H2. The first-order valence-electron chi connectivity index (χ1n) is 2.84. The highest BCUT2D eigenvalue weighted by Crippen LogP contribution is 1.95. The second-order valence-corrected chi connectivity index (χ2v) is 4.69. The van der Waals surface area contributed by atoms with E-state index in [1.165, 1.54) is 0 Å². The first kappa shape index (κ1) is 11.2. The van der Waals surface area contributed by atoms with Gasteiger partial charge in [-0.3, -0.25) is 0 Å². The zero-order valence-corrected chi connectivity index (χ0v) is 8.14. The summed E-state index contributed by atoms with van der Waals surface area (Å²) in [5.74, 6) is -0.0250. The first-order valence-corrected chi connectivity index (χ1v) is 5.41. The van der Waals surface area contributed by atoms with Crippen molar-refractivity contribution in [1.82, 2.24) is 4.72 Å². The quantitative estimate of drug-likeness (QED) is 0.696. The van der Waals surface area contributed by atoms with Gasteiger partial charge in [-0.05, 0) is 0 Å². The maximum atomic E-state index is 10.8. The average molecular weight is 218 g/mol. The van der Waals surface area contributed by atoms with Crippen LogP contribution in [0.3, 0.4) is 0 Å². The smallest absolute Gasteiger partial charge is 0.212 e. The van der Waals surface area contributed by atoms with Crippen molar-refractivity contribution in [3.8, 4) is 0 Å². The van der Waals surface area contributed by atoms with E-state index in [0.717, 1.165) is 0 Å². The molecule has 0 saturated carbocycles. The highest BCUT2D eigenvalue weighted by molar-refractivity contribution is 7.89. The van der Waals surface area contributed by atoms with Crippen LogP contribution < -0.4 is 4.72 Å². The van der Waals surface area contributed by atoms with Crippen molar-refractivity contribution in [2.24, 2.45) is 0 Å². The minimum atomic E-state index is -3.25. The second kappa shape index (κ2) is 4.98. The molecule has 0 rings (SSSR count). The molecule has 0 aromatic rings. The molecular formula is C5H9Cl2NO2S. The summed E-state index contributed by atoms with van der Waals surface area (Å²) in [6.45, 7) is 3.38. The van der Waals surface area contributed by atoms with Crippen molar-refractivity contribution in [3.63, 3.8) is 0 Å². The monoisotopic (exact) mass is 217 g/mol. The molecule has 0 amide bonds. The predicted octanol–water partition coefficient (Wildman–Crippen LogP) is 0.897. The second-order valence-electron chi connectivity index (χ2n) is 1.85. The van der Waals surface area contributed by atoms with Crippen molar-refractivity contribution in [2.75, 3.05) is 18.2 Å². The lowest BCUT2D eigenvalue weighted by Crippen LogP contribution is -2.27. The fourth-order valence-corrected chi connectivity index (χ4v) is 1.86. The van der Waals surface area contributed by atoms with Crippen LogP contribution in [-0.2, 0) is 10.0 Å². The van der Waals surface area contributed by atoms with Crippen LogP contribution in [0.25, 0.3) is 0 Å². The number of rotatable bonds is 5. The van der Waals surface area contributed by atoms with Crippen molar-refractivity contribution in [3.05, 3.63) is 11.6 Å². The van der Waals surface area contributed by atoms with Gasteiger partial charge in [-0.1, -0.05) is 18.2 Å². The van der Waals surface area contributed by atoms with Crippen LogP contribution in [0.1, 0.15) is 0 Å². The molecule has 0 aliphatic carbocycles. The van der Waals surface area contributed by atoms with Gasteiger partial charge in [-0.2, -0.15) is 0 Å². The Bertz CT molecular complexity index is 225. The van der Waals surface area contributed by atoms with Crippen LogP contribution in [0.4, 0.5) is 0 Å². The van der Waals surface area contributed by atoms with Crippen LogP contribution in [0.2, 0.25) is 0 Å². The Morgan fingerprint density at radius 3 is 2.45 bits per heavy atom. The van der Waals surface area contributed by atoms with E-state index in [2.05, 4.69) is 11.3 Å². The highest BCUT2D eigenvalue weighted by atomic mass is 35.5. The summed E-state index contributed by atoms with van der Waals surface area (Å²) in [4.78, 5) is 0. The largest absolute Gasteiger partial charge is 0.213 e. The maximum Gasteiger partial charge on any atom is 0.213 e. The molecule has 0 radical (unpaired) electrons. The Morgan fingerprint density at radius 1 is 1.55 bits per heavy atom. The van der Waals surface area contributed by atoms with Gasteiger partial charge in [0.25, 0.3) is 0 Å². The fourth-order valence-electron chi connectivity index (χ4n) is 0.362. The fraction of sp³-hybridized carbons (Fsp3) is 0.600. The van der Waals surface area contributed by atoms with Crippen LogP contribution in [0, 0.1) is 0 Å². The third-order valence-electron chi connectivity index (χ3n) is 0.830. The van der Waals surface area contributed by atoms with Gasteiger partial charge in [0.15, 0.2) is 0 Å². The maximum absolute atomic E-state index is 10.8. The van der Waals surface area contributed by atoms with E-state index >= 15 is 0 Å². The molecule has 0 aliphatic rings. The number of hydrogen-bond acceptors (Lipinski definition) is 2. The summed E-state index contributed by atoms with van der Waals surface area (Å²) >= 11 is 10.6. The molecule has 0 fully saturated rings. The van der Waals surface area contributed by atoms with Crippen molar-refractivity contribution >= 4 is 33.2 Å². The van der Waals surface area contributed by atoms with E-state index in [1.54, 1.807) is 0 Å². The van der Waals surface area contributed by atoms with Crippen molar-refractivity contribution in [1.29, 1.82) is 0 Å². The molecule has 0 unspecified atom stereocenters. The lowest BCUT2D eigenvalue weighted by molar-refractivity contribution is 0.587. The molecule has 0 saturated heterocycles. The predicted molar refractivity (Wildman–Crippen MR) is 47.5 cm³/mol. The van der Waals surface area contributed by atoms with E-state index in [-0.39, 0.29) is 23.2 Å². The van der Waals surface area contributed by atoms with Gasteiger partial charge in [-0.15, -0.1) is 11.6 Å². The van der Waals surface area contributed by atoms with Gasteiger partial charge in [-0.25, -0.2) is 13.1 Å². The summed E-state index contributed by atoms with van der Waals surface area (Å²) in [6.07, 6.45) is 0. The van der Waals surface area contributed by atoms with Gasteiger partial charge in [0.05, 0.1) is 5.75 Å². The minimum Gasteiger partial charge on any atom is -0.212 e. The molecule has 0 spiro atoms. The Kier molecular flexibility index (Phi) is 5.08. The summed E-state index contributed by atoms with van der Waals surface area (Å²) in [5.41, 5.74) is 0. The molecule has 1 N–H and O–H groups in total. The lowest BCUT2D eigenvalue weighted by Gasteiger charge is -2.02. The first-order chi connectivity index (χ1) is 4.98. The molecule has 0 atom stereocenters. The van der Waals surface area contributed by atoms with E-state index in [1.807, 2.05) is 0 Å². The molecule has 0 heterocycles. The number of sulfonamides is 1. The molecule has 0 aromatic heterocycles. The molecule has 11 heavy (non-hydrogen) atoms. The van der Waals surface area contributed by atoms with E-state index in [0.29, 0.717) is 0 Å². The highest BCUT2D eigenvalue weighted by Gasteiger charge is 2.07. The average Bonchev–Trinajstić information content (AvgIpc) is 1.84. The summed E-state index contributed by atoms with van der Waals surface area (Å²) < 4.78 is 23.9. The van der Waals surface area contributed by atoms with Gasteiger partial charge in [0.1, 0.15) is 0 Å². The Hall–Kier alpha value is 0.230. The summed E-state index contributed by atoms with van der Waals surface area (Å²) in [7, 11) is -3.25. The van der Waals surface area contributed by atoms with E-state index in [9.17, 15) is 8.42 Å². The summed E-state index contributed by atoms with van der Waals surface area (Å²) in [6, 6.07) is 0. The van der Waals surface area contributed by atoms with E-state index in [4.69, 9.17) is 23.2 Å². The Morgan fingerprint density at radius 2 is 2.09 bits per heavy atom. The van der Waals surface area contributed by atoms with Crippen LogP contribution in [0.15, 0.2) is 11.6 Å². The topological polar surface area (TPSA) is 46.2 Å². The molecule has 0 aromatic carbocycles. The van der Waals surface area contributed by atoms with Gasteiger partial charge in [0.2, 0.25) is 10.0 Å². The van der Waals surface area contributed by atoms with Crippen LogP contribution >= 0.6 is 23.2 Å². The molecule has 0 aliphatic heterocycles. The minimum absolute atomic E-state index is 0.0563. The zero-order chi connectivity index (χ0) is 8.91. The van der Waals surface area contributed by atoms with Gasteiger partial charge < -0.3 is 0 Å². The van der Waals surface area contributed by atoms with Crippen LogP contribution in [-0.4, -0.2) is 26.6 Å². The Labute approximate surface area is 76.4 Å². The number of hydrogen-bond donors (Lipinski definition) is 1. The van der Waals surface area contributed by atoms with E-state index < -0.39 is 10.0 Å². The van der Waals surface area contributed by atoms with Crippen molar-refractivity contribution < 1.29 is 8.42 Å². The molecular weight excluding hydrogens is 209 g/mol. The molecule has 3 nitrogen and oxygen atoms in total. The summed E-state index contributed by atoms with van der Waals surface area (Å²) in [5, 5.41) is 0.253. The third-order valence-corrected chi connectivity index (χ3v) is 2.70. The molecule has 66 valence electrons. The van der Waals surface area contributed by atoms with Crippen LogP contribution in [0.5, 0.6) is 0 Å². The zero-order valence-electron chi connectivity index (χ0n) is 5.81. The lowest BCUT2D eigenvalue weighted by atomic mass is 10.7. The third kappa shape index (κ3) is 6.62. The normalized spacial score (nSPS) is 11.5. The van der Waals surface area contributed by atoms with Crippen molar-refractivity contribution in [2.45, 2.75) is 0 Å². The van der Waals surface area contributed by atoms with Gasteiger partial charge >= 0.3 is 0 Å². The Balaban J connectivity index is 3.84. The number of nitrogens with one attached hydrogen (secondary N) is 1.